The minimum absolute atomic E-state index is 0.0151. The van der Waals surface area contributed by atoms with Crippen molar-refractivity contribution in [3.8, 4) is 11.3 Å². The van der Waals surface area contributed by atoms with Gasteiger partial charge in [0.25, 0.3) is 0 Å². The second-order valence-corrected chi connectivity index (χ2v) is 16.5. The number of aliphatic hydroxyl groups excluding tert-OH is 1. The van der Waals surface area contributed by atoms with Crippen molar-refractivity contribution >= 4 is 35.2 Å². The van der Waals surface area contributed by atoms with Crippen molar-refractivity contribution in [1.82, 2.24) is 26.3 Å². The van der Waals surface area contributed by atoms with E-state index in [0.717, 1.165) is 29.5 Å². The molecule has 0 aliphatic rings. The van der Waals surface area contributed by atoms with E-state index in [2.05, 4.69) is 26.3 Å². The predicted octanol–water partition coefficient (Wildman–Crippen LogP) is 3.91. The molecular weight excluding hydrogens is 699 g/mol. The van der Waals surface area contributed by atoms with Gasteiger partial charge in [0.15, 0.2) is 6.04 Å². The number of pyridine rings is 1. The van der Waals surface area contributed by atoms with Crippen LogP contribution >= 0.6 is 0 Å². The van der Waals surface area contributed by atoms with Gasteiger partial charge in [-0.15, -0.1) is 0 Å². The number of rotatable bonds is 16. The molecule has 3 rings (SSSR count). The summed E-state index contributed by atoms with van der Waals surface area (Å²) < 4.78 is 21.1. The molecule has 6 atom stereocenters. The molecule has 0 radical (unpaired) electrons. The number of methoxy groups -OCH3 is 2. The maximum absolute atomic E-state index is 13.9. The topological polar surface area (TPSA) is 191 Å². The van der Waals surface area contributed by atoms with Gasteiger partial charge in [0.1, 0.15) is 10.8 Å². The van der Waals surface area contributed by atoms with Crippen molar-refractivity contribution in [2.45, 2.75) is 88.9 Å². The van der Waals surface area contributed by atoms with Crippen molar-refractivity contribution in [2.24, 2.45) is 5.41 Å². The lowest BCUT2D eigenvalue weighted by atomic mass is 9.85. The third-order valence-corrected chi connectivity index (χ3v) is 10.8. The number of ether oxygens (including phenoxy) is 2. The smallest absolute Gasteiger partial charge is 0.407 e. The highest BCUT2D eigenvalue weighted by Gasteiger charge is 2.45. The summed E-state index contributed by atoms with van der Waals surface area (Å²) in [5.74, 6) is -1.15. The molecule has 0 aliphatic carbocycles. The highest BCUT2D eigenvalue weighted by Crippen LogP contribution is 2.24. The molecule has 13 nitrogen and oxygen atoms in total. The lowest BCUT2D eigenvalue weighted by molar-refractivity contribution is -0.127. The van der Waals surface area contributed by atoms with Crippen molar-refractivity contribution in [2.75, 3.05) is 20.5 Å². The summed E-state index contributed by atoms with van der Waals surface area (Å²) in [6.07, 6.45) is 0.750. The number of nitrogens with one attached hydrogen (secondary N) is 4. The van der Waals surface area contributed by atoms with E-state index in [0.29, 0.717) is 6.42 Å². The van der Waals surface area contributed by atoms with Crippen LogP contribution in [0, 0.1) is 5.41 Å². The largest absolute Gasteiger partial charge is 0.616 e. The fourth-order valence-corrected chi connectivity index (χ4v) is 6.23. The second kappa shape index (κ2) is 19.4. The molecule has 1 aromatic heterocycles. The summed E-state index contributed by atoms with van der Waals surface area (Å²) in [5, 5.41) is 23.0. The fraction of sp³-hybridized carbons (Fsp3) is 0.462. The third kappa shape index (κ3) is 12.8. The van der Waals surface area contributed by atoms with Gasteiger partial charge in [0, 0.05) is 17.8 Å². The Balaban J connectivity index is 1.98. The van der Waals surface area contributed by atoms with Crippen LogP contribution in [0.25, 0.3) is 11.3 Å². The van der Waals surface area contributed by atoms with E-state index in [1.54, 1.807) is 20.0 Å². The molecule has 0 saturated carbocycles. The van der Waals surface area contributed by atoms with Crippen molar-refractivity contribution in [1.29, 1.82) is 0 Å². The number of hydrogen-bond donors (Lipinski definition) is 5. The Morgan fingerprint density at radius 1 is 0.755 bits per heavy atom. The van der Waals surface area contributed by atoms with Crippen LogP contribution in [0.15, 0.2) is 79.0 Å². The van der Waals surface area contributed by atoms with E-state index in [4.69, 9.17) is 9.47 Å². The molecule has 0 aliphatic heterocycles. The monoisotopic (exact) mass is 751 g/mol. The van der Waals surface area contributed by atoms with Crippen molar-refractivity contribution < 1.29 is 38.3 Å². The van der Waals surface area contributed by atoms with Gasteiger partial charge in [-0.25, -0.2) is 9.59 Å². The van der Waals surface area contributed by atoms with E-state index in [-0.39, 0.29) is 12.8 Å². The summed E-state index contributed by atoms with van der Waals surface area (Å²) in [4.78, 5) is 56.8. The molecule has 0 fully saturated rings. The Labute approximate surface area is 315 Å². The van der Waals surface area contributed by atoms with Crippen LogP contribution < -0.4 is 21.3 Å². The van der Waals surface area contributed by atoms with Gasteiger partial charge >= 0.3 is 12.2 Å². The first kappa shape index (κ1) is 42.8. The molecule has 1 heterocycles. The zero-order valence-electron chi connectivity index (χ0n) is 31.7. The quantitative estimate of drug-likeness (QED) is 0.135. The number of carbonyl (C=O) groups excluding carboxylic acids is 4. The highest BCUT2D eigenvalue weighted by atomic mass is 32.2. The van der Waals surface area contributed by atoms with Gasteiger partial charge in [0.05, 0.1) is 38.3 Å². The number of carbonyl (C=O) groups is 4. The number of hydrogen-bond acceptors (Lipinski definition) is 9. The Kier molecular flexibility index (Phi) is 15.7. The molecule has 14 heteroatoms. The van der Waals surface area contributed by atoms with Gasteiger partial charge in [-0.05, 0) is 73.0 Å². The molecule has 0 saturated heterocycles. The highest BCUT2D eigenvalue weighted by molar-refractivity contribution is 7.92. The van der Waals surface area contributed by atoms with Crippen LogP contribution in [0.2, 0.25) is 0 Å². The summed E-state index contributed by atoms with van der Waals surface area (Å²) in [6.45, 7) is 8.60. The molecule has 0 spiro atoms. The summed E-state index contributed by atoms with van der Waals surface area (Å²) >= 11 is -1.56. The zero-order valence-corrected chi connectivity index (χ0v) is 32.5. The standard InChI is InChI=1S/C39H53N5O8S/c1-38(2,3)32(43-36(48)51-6)34(46)41-28(22-26-17-19-27(20-18-26)29-16-12-13-21-40-29)24-31(45)30(23-25-14-10-9-11-15-25)42-35(47)33(44-37(49)52-7)39(4,5)53(8)50/h9-21,28,30-33,45H,22-24H2,1-8H3,(H,41,46)(H,42,47)(H,43,48)(H,44,49)/t28?,30?,31?,32?,33?,53-/m1/s1. The lowest BCUT2D eigenvalue weighted by Gasteiger charge is -2.36. The first-order chi connectivity index (χ1) is 25.0. The van der Waals surface area contributed by atoms with E-state index in [1.807, 2.05) is 93.6 Å². The maximum Gasteiger partial charge on any atom is 0.407 e. The number of alkyl carbamates (subject to hydrolysis) is 2. The van der Waals surface area contributed by atoms with Gasteiger partial charge in [-0.1, -0.05) is 81.4 Å². The van der Waals surface area contributed by atoms with Crippen LogP contribution in [0.3, 0.4) is 0 Å². The van der Waals surface area contributed by atoms with Crippen LogP contribution in [0.1, 0.15) is 52.2 Å². The van der Waals surface area contributed by atoms with Gasteiger partial charge < -0.3 is 40.4 Å². The lowest BCUT2D eigenvalue weighted by Crippen LogP contribution is -2.63. The van der Waals surface area contributed by atoms with Crippen molar-refractivity contribution in [3.05, 3.63) is 90.1 Å². The Hall–Kier alpha value is -4.66. The maximum atomic E-state index is 13.9. The van der Waals surface area contributed by atoms with Crippen LogP contribution in [0.4, 0.5) is 9.59 Å². The fourth-order valence-electron chi connectivity index (χ4n) is 5.73. The first-order valence-corrected chi connectivity index (χ1v) is 18.9. The van der Waals surface area contributed by atoms with Crippen LogP contribution in [-0.4, -0.2) is 94.1 Å². The van der Waals surface area contributed by atoms with E-state index in [9.17, 15) is 28.8 Å². The Morgan fingerprint density at radius 2 is 1.30 bits per heavy atom. The van der Waals surface area contributed by atoms with Crippen LogP contribution in [-0.2, 0) is 43.1 Å². The SMILES string of the molecule is COC(=O)NC(C(=O)NC(Cc1ccc(-c2ccccn2)cc1)CC(O)C(Cc1ccccc1)NC(=O)C(NC(=O)OC)C(C)(C)[S@@+](C)[O-])C(C)(C)C. The summed E-state index contributed by atoms with van der Waals surface area (Å²) in [6, 6.07) is 18.7. The molecule has 5 unspecified atom stereocenters. The van der Waals surface area contributed by atoms with E-state index in [1.165, 1.54) is 13.4 Å². The number of aliphatic hydroxyl groups is 1. The normalized spacial score (nSPS) is 15.1. The summed E-state index contributed by atoms with van der Waals surface area (Å²) in [7, 11) is 2.38. The Bertz CT molecular complexity index is 1640. The number of nitrogens with zero attached hydrogens (tertiary/aromatic N) is 1. The number of benzene rings is 2. The Morgan fingerprint density at radius 3 is 1.83 bits per heavy atom. The number of aromatic nitrogens is 1. The molecule has 0 bridgehead atoms. The van der Waals surface area contributed by atoms with E-state index >= 15 is 0 Å². The van der Waals surface area contributed by atoms with E-state index < -0.39 is 75.6 Å². The van der Waals surface area contributed by atoms with Gasteiger partial charge in [0.2, 0.25) is 11.8 Å². The number of amides is 4. The third-order valence-electron chi connectivity index (χ3n) is 9.08. The van der Waals surface area contributed by atoms with Gasteiger partial charge in [-0.2, -0.15) is 0 Å². The first-order valence-electron chi connectivity index (χ1n) is 17.3. The predicted molar refractivity (Wildman–Crippen MR) is 204 cm³/mol. The molecule has 4 amide bonds. The second-order valence-electron chi connectivity index (χ2n) is 14.5. The zero-order chi connectivity index (χ0) is 39.3. The minimum atomic E-state index is -1.56. The summed E-state index contributed by atoms with van der Waals surface area (Å²) in [5.41, 5.74) is 2.67. The van der Waals surface area contributed by atoms with Crippen molar-refractivity contribution in [3.63, 3.8) is 0 Å². The molecule has 288 valence electrons. The molecule has 53 heavy (non-hydrogen) atoms. The molecular formula is C39H53N5O8S. The molecule has 2 aromatic carbocycles. The average Bonchev–Trinajstić information content (AvgIpc) is 3.12. The average molecular weight is 752 g/mol. The molecule has 5 N–H and O–H groups in total. The minimum Gasteiger partial charge on any atom is -0.616 e. The molecule has 3 aromatic rings. The van der Waals surface area contributed by atoms with Crippen LogP contribution in [0.5, 0.6) is 0 Å². The van der Waals surface area contributed by atoms with Gasteiger partial charge in [-0.3, -0.25) is 14.6 Å².